The van der Waals surface area contributed by atoms with Gasteiger partial charge in [0.05, 0.1) is 22.5 Å². The van der Waals surface area contributed by atoms with Crippen LogP contribution in [0.1, 0.15) is 6.92 Å². The van der Waals surface area contributed by atoms with Crippen LogP contribution in [0.2, 0.25) is 0 Å². The maximum Gasteiger partial charge on any atom is 0.456 e. The summed E-state index contributed by atoms with van der Waals surface area (Å²) in [6, 6.07) is 4.65. The Morgan fingerprint density at radius 3 is 2.27 bits per heavy atom. The van der Waals surface area contributed by atoms with Crippen LogP contribution in [0.4, 0.5) is 22.0 Å². The summed E-state index contributed by atoms with van der Waals surface area (Å²) in [5.74, 6) is -5.86. The van der Waals surface area contributed by atoms with Crippen molar-refractivity contribution in [2.24, 2.45) is 0 Å². The van der Waals surface area contributed by atoms with E-state index in [0.717, 1.165) is 35.2 Å². The molecule has 0 aliphatic heterocycles. The Balaban J connectivity index is 2.00. The largest absolute Gasteiger partial charge is 0.485 e. The van der Waals surface area contributed by atoms with E-state index in [1.54, 1.807) is 0 Å². The van der Waals surface area contributed by atoms with Gasteiger partial charge in [0, 0.05) is 30.2 Å². The third-order valence-electron chi connectivity index (χ3n) is 4.35. The molecule has 14 heteroatoms. The monoisotopic (exact) mass is 490 g/mol. The summed E-state index contributed by atoms with van der Waals surface area (Å²) >= 11 is 0. The summed E-state index contributed by atoms with van der Waals surface area (Å²) in [6.07, 6.45) is -1.17. The van der Waals surface area contributed by atoms with Crippen LogP contribution in [0.5, 0.6) is 5.75 Å². The van der Waals surface area contributed by atoms with Gasteiger partial charge in [0.25, 0.3) is 5.56 Å². The lowest BCUT2D eigenvalue weighted by Gasteiger charge is -2.19. The minimum Gasteiger partial charge on any atom is -0.485 e. The molecule has 0 saturated heterocycles. The highest BCUT2D eigenvalue weighted by atomic mass is 32.2. The van der Waals surface area contributed by atoms with Crippen molar-refractivity contribution in [3.05, 3.63) is 59.4 Å². The van der Waals surface area contributed by atoms with E-state index in [0.29, 0.717) is 0 Å². The Morgan fingerprint density at radius 1 is 1.06 bits per heavy atom. The number of rotatable bonds is 7. The van der Waals surface area contributed by atoms with E-state index in [4.69, 9.17) is 0 Å². The lowest BCUT2D eigenvalue weighted by atomic mass is 10.2. The van der Waals surface area contributed by atoms with Gasteiger partial charge in [-0.15, -0.1) is 0 Å². The van der Waals surface area contributed by atoms with Gasteiger partial charge in [-0.05, 0) is 18.2 Å². The summed E-state index contributed by atoms with van der Waals surface area (Å²) in [4.78, 5) is 24.0. The van der Waals surface area contributed by atoms with Gasteiger partial charge in [0.1, 0.15) is 5.75 Å². The first-order valence-electron chi connectivity index (χ1n) is 9.16. The Morgan fingerprint density at radius 2 is 1.73 bits per heavy atom. The molecule has 0 unspecified atom stereocenters. The number of sulfone groups is 1. The minimum absolute atomic E-state index is 0.0461. The molecule has 0 aromatic carbocycles. The normalized spacial score (nSPS) is 12.5. The van der Waals surface area contributed by atoms with Crippen LogP contribution in [0.15, 0.2) is 58.7 Å². The molecule has 3 aromatic heterocycles. The molecule has 0 N–H and O–H groups in total. The summed E-state index contributed by atoms with van der Waals surface area (Å²) in [6.45, 7) is -0.571. The highest BCUT2D eigenvalue weighted by molar-refractivity contribution is 7.91. The number of hydrogen-bond acceptors (Lipinski definition) is 7. The van der Waals surface area contributed by atoms with E-state index < -0.39 is 39.9 Å². The molecule has 3 rings (SSSR count). The fourth-order valence-corrected chi connectivity index (χ4v) is 3.65. The molecule has 0 radical (unpaired) electrons. The van der Waals surface area contributed by atoms with Gasteiger partial charge >= 0.3 is 12.1 Å². The SMILES string of the molecule is CCS(=O)(=O)c1cn(-c2ncccn2)c(=O)cc1-c1ccc(OCC(F)(F)C(F)(F)F)cn1. The van der Waals surface area contributed by atoms with Crippen molar-refractivity contribution in [3.63, 3.8) is 0 Å². The molecule has 0 spiro atoms. The molecular formula is C19H15F5N4O4S. The Hall–Kier alpha value is -3.42. The van der Waals surface area contributed by atoms with Gasteiger partial charge < -0.3 is 4.74 Å². The highest BCUT2D eigenvalue weighted by Crippen LogP contribution is 2.36. The number of nitrogens with zero attached hydrogens (tertiary/aromatic N) is 4. The summed E-state index contributed by atoms with van der Waals surface area (Å²) in [7, 11) is -3.89. The molecule has 0 saturated carbocycles. The smallest absolute Gasteiger partial charge is 0.456 e. The van der Waals surface area contributed by atoms with Crippen molar-refractivity contribution in [2.75, 3.05) is 12.4 Å². The fraction of sp³-hybridized carbons (Fsp3) is 0.263. The van der Waals surface area contributed by atoms with Crippen LogP contribution in [0.25, 0.3) is 17.2 Å². The maximum absolute atomic E-state index is 13.0. The first kappa shape index (κ1) is 24.2. The molecule has 0 fully saturated rings. The molecule has 8 nitrogen and oxygen atoms in total. The van der Waals surface area contributed by atoms with E-state index in [1.165, 1.54) is 25.4 Å². The quantitative estimate of drug-likeness (QED) is 0.469. The van der Waals surface area contributed by atoms with E-state index in [-0.39, 0.29) is 27.9 Å². The third kappa shape index (κ3) is 5.16. The first-order valence-corrected chi connectivity index (χ1v) is 10.8. The molecule has 3 heterocycles. The molecule has 0 atom stereocenters. The molecule has 0 amide bonds. The van der Waals surface area contributed by atoms with Crippen LogP contribution < -0.4 is 10.3 Å². The lowest BCUT2D eigenvalue weighted by molar-refractivity contribution is -0.290. The lowest BCUT2D eigenvalue weighted by Crippen LogP contribution is -2.41. The van der Waals surface area contributed by atoms with E-state index in [9.17, 15) is 35.2 Å². The molecule has 0 aliphatic carbocycles. The van der Waals surface area contributed by atoms with Gasteiger partial charge in [0.15, 0.2) is 16.4 Å². The van der Waals surface area contributed by atoms with Crippen molar-refractivity contribution in [3.8, 4) is 23.0 Å². The van der Waals surface area contributed by atoms with Crippen LogP contribution >= 0.6 is 0 Å². The number of alkyl halides is 5. The van der Waals surface area contributed by atoms with Crippen LogP contribution in [-0.4, -0.2) is 52.4 Å². The molecule has 0 bridgehead atoms. The predicted molar refractivity (Wildman–Crippen MR) is 105 cm³/mol. The first-order chi connectivity index (χ1) is 15.4. The van der Waals surface area contributed by atoms with Gasteiger partial charge in [-0.1, -0.05) is 6.92 Å². The Labute approximate surface area is 183 Å². The van der Waals surface area contributed by atoms with Crippen molar-refractivity contribution in [2.45, 2.75) is 23.9 Å². The van der Waals surface area contributed by atoms with E-state index >= 15 is 0 Å². The van der Waals surface area contributed by atoms with Crippen LogP contribution in [0.3, 0.4) is 0 Å². The maximum atomic E-state index is 13.0. The average molecular weight is 490 g/mol. The second-order valence-electron chi connectivity index (χ2n) is 6.58. The zero-order valence-corrected chi connectivity index (χ0v) is 17.6. The summed E-state index contributed by atoms with van der Waals surface area (Å²) in [5.41, 5.74) is -0.824. The zero-order valence-electron chi connectivity index (χ0n) is 16.8. The minimum atomic E-state index is -5.78. The second kappa shape index (κ2) is 8.84. The van der Waals surface area contributed by atoms with Gasteiger partial charge in [0.2, 0.25) is 5.95 Å². The molecule has 0 aliphatic rings. The molecular weight excluding hydrogens is 475 g/mol. The van der Waals surface area contributed by atoms with Crippen molar-refractivity contribution in [1.29, 1.82) is 0 Å². The number of halogens is 5. The number of pyridine rings is 2. The van der Waals surface area contributed by atoms with E-state index in [2.05, 4.69) is 19.7 Å². The van der Waals surface area contributed by atoms with Gasteiger partial charge in [-0.25, -0.2) is 18.4 Å². The Kier molecular flexibility index (Phi) is 6.49. The highest BCUT2D eigenvalue weighted by Gasteiger charge is 2.58. The summed E-state index contributed by atoms with van der Waals surface area (Å²) < 4.78 is 93.6. The Bertz CT molecular complexity index is 1290. The molecule has 176 valence electrons. The predicted octanol–water partition coefficient (Wildman–Crippen LogP) is 3.06. The fourth-order valence-electron chi connectivity index (χ4n) is 2.57. The van der Waals surface area contributed by atoms with Crippen molar-refractivity contribution >= 4 is 9.84 Å². The van der Waals surface area contributed by atoms with Crippen LogP contribution in [-0.2, 0) is 9.84 Å². The average Bonchev–Trinajstić information content (AvgIpc) is 2.77. The third-order valence-corrected chi connectivity index (χ3v) is 6.10. The van der Waals surface area contributed by atoms with E-state index in [1.807, 2.05) is 0 Å². The topological polar surface area (TPSA) is 104 Å². The number of hydrogen-bond donors (Lipinski definition) is 0. The second-order valence-corrected chi connectivity index (χ2v) is 8.83. The molecule has 33 heavy (non-hydrogen) atoms. The number of ether oxygens (including phenoxy) is 1. The van der Waals surface area contributed by atoms with Gasteiger partial charge in [-0.3, -0.25) is 14.3 Å². The summed E-state index contributed by atoms with van der Waals surface area (Å²) in [5, 5.41) is 0. The standard InChI is InChI=1S/C19H15F5N4O4S/c1-2-33(30,31)15-10-28(17-25-6-3-7-26-17)16(29)8-13(15)14-5-4-12(9-27-14)32-11-18(20,21)19(22,23)24/h3-10H,2,11H2,1H3. The van der Waals surface area contributed by atoms with Crippen LogP contribution in [0, 0.1) is 0 Å². The zero-order chi connectivity index (χ0) is 24.4. The number of aromatic nitrogens is 4. The van der Waals surface area contributed by atoms with Gasteiger partial charge in [-0.2, -0.15) is 22.0 Å². The molecule has 3 aromatic rings. The van der Waals surface area contributed by atoms with Crippen molar-refractivity contribution < 1.29 is 35.1 Å². The van der Waals surface area contributed by atoms with Crippen molar-refractivity contribution in [1.82, 2.24) is 19.5 Å².